The van der Waals surface area contributed by atoms with Gasteiger partial charge in [-0.15, -0.1) is 0 Å². The summed E-state index contributed by atoms with van der Waals surface area (Å²) in [5.74, 6) is 0. The Hall–Kier alpha value is -1.45. The summed E-state index contributed by atoms with van der Waals surface area (Å²) in [6.45, 7) is 5.55. The largest absolute Gasteiger partial charge is 0.396 e. The summed E-state index contributed by atoms with van der Waals surface area (Å²) in [6, 6.07) is 12.6. The van der Waals surface area contributed by atoms with E-state index in [9.17, 15) is 5.11 Å². The van der Waals surface area contributed by atoms with Gasteiger partial charge in [0.25, 0.3) is 0 Å². The van der Waals surface area contributed by atoms with Crippen molar-refractivity contribution in [2.45, 2.75) is 32.7 Å². The number of likely N-dealkylation sites (tertiary alicyclic amines) is 1. The van der Waals surface area contributed by atoms with Crippen molar-refractivity contribution in [2.75, 3.05) is 19.7 Å². The molecule has 1 saturated heterocycles. The first-order valence-electron chi connectivity index (χ1n) is 7.93. The standard InChI is InChI=1S/C18H24N2O/c1-2-18(14-21)9-11-20(12-10-18)13-16-8-7-15-5-3-4-6-17(15)19-16/h3-8,21H,2,9-14H2,1H3. The molecule has 1 aromatic carbocycles. The molecule has 1 aliphatic heterocycles. The number of piperidine rings is 1. The summed E-state index contributed by atoms with van der Waals surface area (Å²) < 4.78 is 0. The van der Waals surface area contributed by atoms with Crippen LogP contribution in [0.5, 0.6) is 0 Å². The van der Waals surface area contributed by atoms with Gasteiger partial charge in [0.05, 0.1) is 11.2 Å². The molecule has 0 saturated carbocycles. The van der Waals surface area contributed by atoms with Crippen molar-refractivity contribution in [1.82, 2.24) is 9.88 Å². The maximum absolute atomic E-state index is 9.61. The zero-order valence-corrected chi connectivity index (χ0v) is 12.8. The number of fused-ring (bicyclic) bond motifs is 1. The van der Waals surface area contributed by atoms with Crippen LogP contribution < -0.4 is 0 Å². The molecule has 0 radical (unpaired) electrons. The molecule has 0 unspecified atom stereocenters. The van der Waals surface area contributed by atoms with E-state index in [0.29, 0.717) is 6.61 Å². The lowest BCUT2D eigenvalue weighted by molar-refractivity contribution is 0.0378. The second-order valence-electron chi connectivity index (χ2n) is 6.28. The van der Waals surface area contributed by atoms with E-state index >= 15 is 0 Å². The Kier molecular flexibility index (Phi) is 4.22. The van der Waals surface area contributed by atoms with E-state index in [1.165, 1.54) is 5.39 Å². The van der Waals surface area contributed by atoms with E-state index < -0.39 is 0 Å². The lowest BCUT2D eigenvalue weighted by Crippen LogP contribution is -2.41. The van der Waals surface area contributed by atoms with Crippen LogP contribution in [-0.2, 0) is 6.54 Å². The van der Waals surface area contributed by atoms with Gasteiger partial charge in [0.2, 0.25) is 0 Å². The van der Waals surface area contributed by atoms with Crippen LogP contribution in [-0.4, -0.2) is 34.7 Å². The number of nitrogens with zero attached hydrogens (tertiary/aromatic N) is 2. The van der Waals surface area contributed by atoms with E-state index in [1.807, 2.05) is 12.1 Å². The molecule has 0 atom stereocenters. The van der Waals surface area contributed by atoms with Gasteiger partial charge < -0.3 is 5.11 Å². The van der Waals surface area contributed by atoms with Gasteiger partial charge in [-0.1, -0.05) is 31.2 Å². The topological polar surface area (TPSA) is 36.4 Å². The molecule has 1 fully saturated rings. The molecule has 1 aromatic heterocycles. The van der Waals surface area contributed by atoms with Gasteiger partial charge in [0, 0.05) is 18.5 Å². The van der Waals surface area contributed by atoms with Crippen molar-refractivity contribution in [2.24, 2.45) is 5.41 Å². The number of rotatable bonds is 4. The zero-order chi connectivity index (χ0) is 14.7. The Balaban J connectivity index is 1.66. The number of aromatic nitrogens is 1. The summed E-state index contributed by atoms with van der Waals surface area (Å²) in [5.41, 5.74) is 2.37. The summed E-state index contributed by atoms with van der Waals surface area (Å²) in [5, 5.41) is 10.8. The van der Waals surface area contributed by atoms with E-state index in [-0.39, 0.29) is 5.41 Å². The zero-order valence-electron chi connectivity index (χ0n) is 12.8. The van der Waals surface area contributed by atoms with Crippen molar-refractivity contribution in [1.29, 1.82) is 0 Å². The van der Waals surface area contributed by atoms with Gasteiger partial charge in [-0.3, -0.25) is 9.88 Å². The summed E-state index contributed by atoms with van der Waals surface area (Å²) in [7, 11) is 0. The number of para-hydroxylation sites is 1. The Labute approximate surface area is 126 Å². The van der Waals surface area contributed by atoms with Crippen LogP contribution >= 0.6 is 0 Å². The number of aliphatic hydroxyl groups excluding tert-OH is 1. The van der Waals surface area contributed by atoms with Crippen LogP contribution in [0.15, 0.2) is 36.4 Å². The molecular formula is C18H24N2O. The average Bonchev–Trinajstić information content (AvgIpc) is 2.56. The predicted molar refractivity (Wildman–Crippen MR) is 86.1 cm³/mol. The Bertz CT molecular complexity index is 597. The van der Waals surface area contributed by atoms with Crippen LogP contribution in [0, 0.1) is 5.41 Å². The molecule has 1 N–H and O–H groups in total. The maximum atomic E-state index is 9.61. The van der Waals surface area contributed by atoms with E-state index in [2.05, 4.69) is 36.1 Å². The van der Waals surface area contributed by atoms with E-state index in [4.69, 9.17) is 4.98 Å². The van der Waals surface area contributed by atoms with Crippen molar-refractivity contribution < 1.29 is 5.11 Å². The van der Waals surface area contributed by atoms with Crippen molar-refractivity contribution in [3.8, 4) is 0 Å². The van der Waals surface area contributed by atoms with Crippen LogP contribution in [0.4, 0.5) is 0 Å². The first kappa shape index (κ1) is 14.5. The first-order chi connectivity index (χ1) is 10.2. The van der Waals surface area contributed by atoms with E-state index in [1.54, 1.807) is 0 Å². The number of hydrogen-bond acceptors (Lipinski definition) is 3. The third-order valence-electron chi connectivity index (χ3n) is 5.04. The Morgan fingerprint density at radius 1 is 1.14 bits per heavy atom. The highest BCUT2D eigenvalue weighted by atomic mass is 16.3. The molecule has 0 bridgehead atoms. The molecule has 3 nitrogen and oxygen atoms in total. The molecule has 3 heteroatoms. The van der Waals surface area contributed by atoms with Crippen LogP contribution in [0.2, 0.25) is 0 Å². The molecule has 112 valence electrons. The fourth-order valence-corrected chi connectivity index (χ4v) is 3.23. The SMILES string of the molecule is CCC1(CO)CCN(Cc2ccc3ccccc3n2)CC1. The van der Waals surface area contributed by atoms with Crippen LogP contribution in [0.1, 0.15) is 31.9 Å². The minimum atomic E-state index is 0.160. The van der Waals surface area contributed by atoms with Gasteiger partial charge in [-0.2, -0.15) is 0 Å². The Morgan fingerprint density at radius 2 is 1.90 bits per heavy atom. The average molecular weight is 284 g/mol. The molecule has 1 aliphatic rings. The monoisotopic (exact) mass is 284 g/mol. The smallest absolute Gasteiger partial charge is 0.0705 e. The highest BCUT2D eigenvalue weighted by molar-refractivity contribution is 5.78. The fourth-order valence-electron chi connectivity index (χ4n) is 3.23. The van der Waals surface area contributed by atoms with Gasteiger partial charge >= 0.3 is 0 Å². The maximum Gasteiger partial charge on any atom is 0.0705 e. The predicted octanol–water partition coefficient (Wildman–Crippen LogP) is 3.22. The second-order valence-corrected chi connectivity index (χ2v) is 6.28. The molecule has 0 spiro atoms. The molecule has 0 amide bonds. The summed E-state index contributed by atoms with van der Waals surface area (Å²) in [4.78, 5) is 7.21. The lowest BCUT2D eigenvalue weighted by Gasteiger charge is -2.40. The molecule has 0 aliphatic carbocycles. The third-order valence-corrected chi connectivity index (χ3v) is 5.04. The highest BCUT2D eigenvalue weighted by Gasteiger charge is 2.32. The fraction of sp³-hybridized carbons (Fsp3) is 0.500. The van der Waals surface area contributed by atoms with Crippen molar-refractivity contribution >= 4 is 10.9 Å². The first-order valence-corrected chi connectivity index (χ1v) is 7.93. The second kappa shape index (κ2) is 6.12. The number of pyridine rings is 1. The summed E-state index contributed by atoms with van der Waals surface area (Å²) >= 11 is 0. The van der Waals surface area contributed by atoms with Gasteiger partial charge in [-0.05, 0) is 49.9 Å². The molecule has 2 heterocycles. The van der Waals surface area contributed by atoms with Crippen molar-refractivity contribution in [3.05, 3.63) is 42.1 Å². The minimum Gasteiger partial charge on any atom is -0.396 e. The van der Waals surface area contributed by atoms with Gasteiger partial charge in [-0.25, -0.2) is 0 Å². The van der Waals surface area contributed by atoms with E-state index in [0.717, 1.165) is 50.1 Å². The minimum absolute atomic E-state index is 0.160. The summed E-state index contributed by atoms with van der Waals surface area (Å²) in [6.07, 6.45) is 3.26. The van der Waals surface area contributed by atoms with Crippen molar-refractivity contribution in [3.63, 3.8) is 0 Å². The van der Waals surface area contributed by atoms with Crippen LogP contribution in [0.3, 0.4) is 0 Å². The number of aliphatic hydroxyl groups is 1. The normalized spacial score (nSPS) is 19.0. The van der Waals surface area contributed by atoms with Gasteiger partial charge in [0.15, 0.2) is 0 Å². The molecule has 21 heavy (non-hydrogen) atoms. The molecule has 3 rings (SSSR count). The lowest BCUT2D eigenvalue weighted by atomic mass is 9.77. The highest BCUT2D eigenvalue weighted by Crippen LogP contribution is 2.34. The number of hydrogen-bond donors (Lipinski definition) is 1. The quantitative estimate of drug-likeness (QED) is 0.936. The van der Waals surface area contributed by atoms with Crippen LogP contribution in [0.25, 0.3) is 10.9 Å². The Morgan fingerprint density at radius 3 is 2.62 bits per heavy atom. The molecule has 2 aromatic rings. The number of benzene rings is 1. The third kappa shape index (κ3) is 3.09. The van der Waals surface area contributed by atoms with Gasteiger partial charge in [0.1, 0.15) is 0 Å². The molecular weight excluding hydrogens is 260 g/mol.